The molecule has 0 amide bonds. The second-order valence-corrected chi connectivity index (χ2v) is 4.52. The Hall–Kier alpha value is -1.87. The Morgan fingerprint density at radius 2 is 2.06 bits per heavy atom. The lowest BCUT2D eigenvalue weighted by Crippen LogP contribution is -1.92. The van der Waals surface area contributed by atoms with Gasteiger partial charge in [-0.15, -0.1) is 0 Å². The summed E-state index contributed by atoms with van der Waals surface area (Å²) in [5, 5.41) is 0. The van der Waals surface area contributed by atoms with Gasteiger partial charge in [-0.3, -0.25) is 4.79 Å². The zero-order valence-corrected chi connectivity index (χ0v) is 11.1. The van der Waals surface area contributed by atoms with Crippen LogP contribution in [0.15, 0.2) is 69.8 Å². The Morgan fingerprint density at radius 3 is 2.78 bits per heavy atom. The maximum Gasteiger partial charge on any atom is 0.185 e. The number of benzene rings is 1. The molecular formula is C15H11BrO2. The fraction of sp³-hybridized carbons (Fsp3) is 0. The Bertz CT molecular complexity index is 580. The van der Waals surface area contributed by atoms with Crippen molar-refractivity contribution < 1.29 is 9.21 Å². The van der Waals surface area contributed by atoms with Crippen LogP contribution in [0.5, 0.6) is 0 Å². The molecule has 0 fully saturated rings. The molecule has 90 valence electrons. The lowest BCUT2D eigenvalue weighted by atomic mass is 10.1. The molecule has 0 aliphatic rings. The van der Waals surface area contributed by atoms with Crippen molar-refractivity contribution in [3.63, 3.8) is 0 Å². The van der Waals surface area contributed by atoms with Gasteiger partial charge in [0.05, 0.1) is 6.26 Å². The zero-order chi connectivity index (χ0) is 12.8. The zero-order valence-electron chi connectivity index (χ0n) is 9.55. The van der Waals surface area contributed by atoms with Gasteiger partial charge in [0.2, 0.25) is 0 Å². The molecular weight excluding hydrogens is 292 g/mol. The van der Waals surface area contributed by atoms with E-state index in [1.807, 2.05) is 24.3 Å². The summed E-state index contributed by atoms with van der Waals surface area (Å²) in [5.41, 5.74) is 0.659. The number of ketones is 1. The molecule has 0 aliphatic heterocycles. The van der Waals surface area contributed by atoms with Crippen LogP contribution in [0.1, 0.15) is 16.1 Å². The molecule has 0 saturated heterocycles. The molecule has 3 heteroatoms. The van der Waals surface area contributed by atoms with Gasteiger partial charge in [-0.2, -0.15) is 0 Å². The average Bonchev–Trinajstić information content (AvgIpc) is 2.87. The van der Waals surface area contributed by atoms with E-state index in [1.165, 1.54) is 6.08 Å². The van der Waals surface area contributed by atoms with Crippen molar-refractivity contribution in [1.82, 2.24) is 0 Å². The predicted molar refractivity (Wildman–Crippen MR) is 75.4 cm³/mol. The molecule has 0 saturated carbocycles. The highest BCUT2D eigenvalue weighted by molar-refractivity contribution is 9.10. The summed E-state index contributed by atoms with van der Waals surface area (Å²) in [7, 11) is 0. The number of hydrogen-bond acceptors (Lipinski definition) is 2. The van der Waals surface area contributed by atoms with Crippen LogP contribution in [0.4, 0.5) is 0 Å². The second-order valence-electron chi connectivity index (χ2n) is 3.61. The Kier molecular flexibility index (Phi) is 4.31. The van der Waals surface area contributed by atoms with Crippen LogP contribution >= 0.6 is 15.9 Å². The normalized spacial score (nSPS) is 11.4. The summed E-state index contributed by atoms with van der Waals surface area (Å²) in [4.78, 5) is 11.8. The lowest BCUT2D eigenvalue weighted by molar-refractivity contribution is 0.104. The molecule has 0 spiro atoms. The molecule has 1 aromatic heterocycles. The van der Waals surface area contributed by atoms with Crippen molar-refractivity contribution in [1.29, 1.82) is 0 Å². The maximum atomic E-state index is 11.8. The number of halogens is 1. The number of furan rings is 1. The molecule has 1 aromatic carbocycles. The van der Waals surface area contributed by atoms with Crippen LogP contribution in [-0.2, 0) is 0 Å². The molecule has 2 rings (SSSR count). The topological polar surface area (TPSA) is 30.2 Å². The van der Waals surface area contributed by atoms with E-state index in [0.29, 0.717) is 5.56 Å². The summed E-state index contributed by atoms with van der Waals surface area (Å²) in [5.74, 6) is 0.731. The smallest absolute Gasteiger partial charge is 0.185 e. The van der Waals surface area contributed by atoms with E-state index in [1.54, 1.807) is 36.6 Å². The standard InChI is InChI=1S/C15H11BrO2/c16-13-6-3-5-12(11-13)15(17)9-2-1-7-14-8-4-10-18-14/h1-11H. The van der Waals surface area contributed by atoms with Gasteiger partial charge >= 0.3 is 0 Å². The monoisotopic (exact) mass is 302 g/mol. The van der Waals surface area contributed by atoms with Crippen LogP contribution < -0.4 is 0 Å². The highest BCUT2D eigenvalue weighted by atomic mass is 79.9. The lowest BCUT2D eigenvalue weighted by Gasteiger charge is -1.95. The SMILES string of the molecule is O=C(C=CC=Cc1ccco1)c1cccc(Br)c1. The van der Waals surface area contributed by atoms with Gasteiger partial charge in [0, 0.05) is 10.0 Å². The molecule has 0 aliphatic carbocycles. The first-order valence-electron chi connectivity index (χ1n) is 5.44. The molecule has 0 N–H and O–H groups in total. The Balaban J connectivity index is 1.99. The van der Waals surface area contributed by atoms with Gasteiger partial charge in [-0.25, -0.2) is 0 Å². The van der Waals surface area contributed by atoms with E-state index >= 15 is 0 Å². The van der Waals surface area contributed by atoms with E-state index < -0.39 is 0 Å². The van der Waals surface area contributed by atoms with Crippen molar-refractivity contribution in [2.45, 2.75) is 0 Å². The quantitative estimate of drug-likeness (QED) is 0.473. The van der Waals surface area contributed by atoms with Crippen LogP contribution in [0, 0.1) is 0 Å². The third-order valence-electron chi connectivity index (χ3n) is 2.27. The maximum absolute atomic E-state index is 11.8. The minimum Gasteiger partial charge on any atom is -0.465 e. The van der Waals surface area contributed by atoms with Gasteiger partial charge in [-0.1, -0.05) is 40.2 Å². The molecule has 1 heterocycles. The first-order valence-corrected chi connectivity index (χ1v) is 6.23. The van der Waals surface area contributed by atoms with Crippen LogP contribution in [0.25, 0.3) is 6.08 Å². The molecule has 0 unspecified atom stereocenters. The van der Waals surface area contributed by atoms with Crippen LogP contribution in [0.2, 0.25) is 0 Å². The van der Waals surface area contributed by atoms with Crippen molar-refractivity contribution in [2.75, 3.05) is 0 Å². The number of carbonyl (C=O) groups is 1. The fourth-order valence-corrected chi connectivity index (χ4v) is 1.82. The first-order chi connectivity index (χ1) is 8.75. The van der Waals surface area contributed by atoms with Crippen molar-refractivity contribution in [2.24, 2.45) is 0 Å². The Labute approximate surface area is 114 Å². The molecule has 2 aromatic rings. The van der Waals surface area contributed by atoms with E-state index in [4.69, 9.17) is 4.42 Å². The van der Waals surface area contributed by atoms with E-state index in [2.05, 4.69) is 15.9 Å². The van der Waals surface area contributed by atoms with E-state index in [9.17, 15) is 4.79 Å². The third kappa shape index (κ3) is 3.57. The third-order valence-corrected chi connectivity index (χ3v) is 2.76. The minimum atomic E-state index is -0.0274. The van der Waals surface area contributed by atoms with Gasteiger partial charge < -0.3 is 4.42 Å². The molecule has 0 radical (unpaired) electrons. The van der Waals surface area contributed by atoms with Crippen LogP contribution in [-0.4, -0.2) is 5.78 Å². The largest absolute Gasteiger partial charge is 0.465 e. The fourth-order valence-electron chi connectivity index (χ4n) is 1.42. The molecule has 0 atom stereocenters. The summed E-state index contributed by atoms with van der Waals surface area (Å²) < 4.78 is 6.03. The van der Waals surface area contributed by atoms with Crippen molar-refractivity contribution in [3.8, 4) is 0 Å². The number of allylic oxidation sites excluding steroid dienone is 3. The Morgan fingerprint density at radius 1 is 1.17 bits per heavy atom. The second kappa shape index (κ2) is 6.17. The van der Waals surface area contributed by atoms with Gasteiger partial charge in [-0.05, 0) is 36.4 Å². The number of hydrogen-bond donors (Lipinski definition) is 0. The highest BCUT2D eigenvalue weighted by Gasteiger charge is 2.00. The van der Waals surface area contributed by atoms with Gasteiger partial charge in [0.25, 0.3) is 0 Å². The molecule has 2 nitrogen and oxygen atoms in total. The van der Waals surface area contributed by atoms with E-state index in [-0.39, 0.29) is 5.78 Å². The number of carbonyl (C=O) groups excluding carboxylic acids is 1. The minimum absolute atomic E-state index is 0.0274. The highest BCUT2D eigenvalue weighted by Crippen LogP contribution is 2.12. The van der Waals surface area contributed by atoms with Crippen LogP contribution in [0.3, 0.4) is 0 Å². The summed E-state index contributed by atoms with van der Waals surface area (Å²) in [6.07, 6.45) is 8.41. The average molecular weight is 303 g/mol. The first kappa shape index (κ1) is 12.6. The van der Waals surface area contributed by atoms with Crippen molar-refractivity contribution >= 4 is 27.8 Å². The van der Waals surface area contributed by atoms with Gasteiger partial charge in [0.1, 0.15) is 5.76 Å². The van der Waals surface area contributed by atoms with Gasteiger partial charge in [0.15, 0.2) is 5.78 Å². The van der Waals surface area contributed by atoms with Crippen molar-refractivity contribution in [3.05, 3.63) is 76.7 Å². The summed E-state index contributed by atoms with van der Waals surface area (Å²) >= 11 is 3.34. The molecule has 0 bridgehead atoms. The van der Waals surface area contributed by atoms with E-state index in [0.717, 1.165) is 10.2 Å². The number of rotatable bonds is 4. The predicted octanol–water partition coefficient (Wildman–Crippen LogP) is 4.49. The summed E-state index contributed by atoms with van der Waals surface area (Å²) in [6.45, 7) is 0. The molecule has 18 heavy (non-hydrogen) atoms. The summed E-state index contributed by atoms with van der Waals surface area (Å²) in [6, 6.07) is 11.0.